The molecule has 0 atom stereocenters. The Morgan fingerprint density at radius 3 is 3.08 bits per heavy atom. The first-order valence-electron chi connectivity index (χ1n) is 3.45. The number of oxazole rings is 1. The predicted octanol–water partition coefficient (Wildman–Crippen LogP) is 1.97. The van der Waals surface area contributed by atoms with Crippen LogP contribution in [-0.2, 0) is 6.61 Å². The summed E-state index contributed by atoms with van der Waals surface area (Å²) >= 11 is 5.54. The highest BCUT2D eigenvalue weighted by atomic mass is 35.5. The molecule has 0 amide bonds. The number of aliphatic hydroxyl groups is 1. The Morgan fingerprint density at radius 2 is 2.33 bits per heavy atom. The molecule has 0 saturated heterocycles. The maximum absolute atomic E-state index is 8.81. The molecule has 1 N–H and O–H groups in total. The molecule has 3 nitrogen and oxygen atoms in total. The lowest BCUT2D eigenvalue weighted by atomic mass is 10.2. The fourth-order valence-corrected chi connectivity index (χ4v) is 1.21. The molecule has 0 aliphatic rings. The number of halogens is 1. The van der Waals surface area contributed by atoms with Crippen LogP contribution in [0.3, 0.4) is 0 Å². The van der Waals surface area contributed by atoms with Gasteiger partial charge in [0.2, 0.25) is 0 Å². The zero-order valence-electron chi connectivity index (χ0n) is 6.12. The lowest BCUT2D eigenvalue weighted by molar-refractivity contribution is 0.282. The van der Waals surface area contributed by atoms with Gasteiger partial charge in [-0.2, -0.15) is 4.98 Å². The van der Waals surface area contributed by atoms with E-state index >= 15 is 0 Å². The molecule has 2 rings (SSSR count). The molecule has 0 bridgehead atoms. The SMILES string of the molecule is OCc1ccc2nc(Cl)oc2c1. The number of hydrogen-bond acceptors (Lipinski definition) is 3. The van der Waals surface area contributed by atoms with Crippen LogP contribution in [0, 0.1) is 0 Å². The minimum atomic E-state index is -0.00570. The Balaban J connectivity index is 2.66. The molecule has 4 heteroatoms. The highest BCUT2D eigenvalue weighted by molar-refractivity contribution is 6.28. The fraction of sp³-hybridized carbons (Fsp3) is 0.125. The summed E-state index contributed by atoms with van der Waals surface area (Å²) in [5.74, 6) is 0. The van der Waals surface area contributed by atoms with Crippen molar-refractivity contribution in [3.8, 4) is 0 Å². The van der Waals surface area contributed by atoms with Gasteiger partial charge in [-0.3, -0.25) is 0 Å². The molecule has 1 aromatic carbocycles. The second kappa shape index (κ2) is 2.77. The van der Waals surface area contributed by atoms with E-state index < -0.39 is 0 Å². The first kappa shape index (κ1) is 7.58. The van der Waals surface area contributed by atoms with Crippen LogP contribution in [0.15, 0.2) is 22.6 Å². The number of aromatic nitrogens is 1. The molecule has 62 valence electrons. The van der Waals surface area contributed by atoms with Gasteiger partial charge in [0.25, 0.3) is 5.35 Å². The van der Waals surface area contributed by atoms with E-state index in [1.54, 1.807) is 18.2 Å². The molecule has 0 fully saturated rings. The molecule has 0 saturated carbocycles. The number of fused-ring (bicyclic) bond motifs is 1. The van der Waals surface area contributed by atoms with Crippen molar-refractivity contribution in [3.05, 3.63) is 29.1 Å². The number of hydrogen-bond donors (Lipinski definition) is 1. The lowest BCUT2D eigenvalue weighted by Gasteiger charge is -1.92. The molecule has 0 unspecified atom stereocenters. The van der Waals surface area contributed by atoms with Gasteiger partial charge in [0.05, 0.1) is 6.61 Å². The normalized spacial score (nSPS) is 10.8. The van der Waals surface area contributed by atoms with E-state index in [0.717, 1.165) is 5.56 Å². The molecule has 0 spiro atoms. The second-order valence-corrected chi connectivity index (χ2v) is 2.75. The summed E-state index contributed by atoms with van der Waals surface area (Å²) in [7, 11) is 0. The van der Waals surface area contributed by atoms with Gasteiger partial charge in [-0.25, -0.2) is 0 Å². The van der Waals surface area contributed by atoms with Gasteiger partial charge in [0, 0.05) is 0 Å². The third-order valence-corrected chi connectivity index (χ3v) is 1.77. The third kappa shape index (κ3) is 1.17. The van der Waals surface area contributed by atoms with Crippen LogP contribution >= 0.6 is 11.6 Å². The average Bonchev–Trinajstić information content (AvgIpc) is 2.43. The van der Waals surface area contributed by atoms with Crippen LogP contribution in [0.4, 0.5) is 0 Å². The molecule has 0 radical (unpaired) electrons. The number of nitrogens with zero attached hydrogens (tertiary/aromatic N) is 1. The smallest absolute Gasteiger partial charge is 0.293 e. The van der Waals surface area contributed by atoms with Crippen LogP contribution in [0.25, 0.3) is 11.1 Å². The van der Waals surface area contributed by atoms with Crippen molar-refractivity contribution >= 4 is 22.7 Å². The molecule has 0 aliphatic heterocycles. The Kier molecular flexibility index (Phi) is 1.75. The monoisotopic (exact) mass is 183 g/mol. The summed E-state index contributed by atoms with van der Waals surface area (Å²) in [5.41, 5.74) is 2.10. The van der Waals surface area contributed by atoms with E-state index in [2.05, 4.69) is 4.98 Å². The fourth-order valence-electron chi connectivity index (χ4n) is 1.04. The van der Waals surface area contributed by atoms with Crippen molar-refractivity contribution in [2.24, 2.45) is 0 Å². The molecular formula is C8H6ClNO2. The number of rotatable bonds is 1. The Bertz CT molecular complexity index is 410. The van der Waals surface area contributed by atoms with Crippen LogP contribution in [0.1, 0.15) is 5.56 Å². The van der Waals surface area contributed by atoms with E-state index in [1.807, 2.05) is 0 Å². The zero-order valence-corrected chi connectivity index (χ0v) is 6.88. The minimum Gasteiger partial charge on any atom is -0.428 e. The molecule has 12 heavy (non-hydrogen) atoms. The van der Waals surface area contributed by atoms with E-state index in [0.29, 0.717) is 11.1 Å². The molecule has 0 aliphatic carbocycles. The Labute approximate surface area is 73.6 Å². The highest BCUT2D eigenvalue weighted by Gasteiger charge is 2.02. The average molecular weight is 184 g/mol. The summed E-state index contributed by atoms with van der Waals surface area (Å²) in [6.45, 7) is -0.00570. The van der Waals surface area contributed by atoms with E-state index in [9.17, 15) is 0 Å². The first-order chi connectivity index (χ1) is 5.79. The van der Waals surface area contributed by atoms with Gasteiger partial charge in [-0.1, -0.05) is 6.07 Å². The predicted molar refractivity (Wildman–Crippen MR) is 44.9 cm³/mol. The summed E-state index contributed by atoms with van der Waals surface area (Å²) in [4.78, 5) is 3.91. The maximum Gasteiger partial charge on any atom is 0.293 e. The second-order valence-electron chi connectivity index (χ2n) is 2.43. The van der Waals surface area contributed by atoms with Crippen molar-refractivity contribution in [2.45, 2.75) is 6.61 Å². The van der Waals surface area contributed by atoms with E-state index in [-0.39, 0.29) is 12.0 Å². The quantitative estimate of drug-likeness (QED) is 0.735. The first-order valence-corrected chi connectivity index (χ1v) is 3.83. The number of aliphatic hydroxyl groups excluding tert-OH is 1. The van der Waals surface area contributed by atoms with Crippen molar-refractivity contribution in [1.82, 2.24) is 4.98 Å². The number of benzene rings is 1. The van der Waals surface area contributed by atoms with E-state index in [1.165, 1.54) is 0 Å². The van der Waals surface area contributed by atoms with Gasteiger partial charge in [-0.05, 0) is 29.3 Å². The van der Waals surface area contributed by atoms with Gasteiger partial charge < -0.3 is 9.52 Å². The standard InChI is InChI=1S/C8H6ClNO2/c9-8-10-6-2-1-5(4-11)3-7(6)12-8/h1-3,11H,4H2. The van der Waals surface area contributed by atoms with Gasteiger partial charge in [0.1, 0.15) is 5.52 Å². The van der Waals surface area contributed by atoms with E-state index in [4.69, 9.17) is 21.1 Å². The van der Waals surface area contributed by atoms with Crippen LogP contribution in [0.2, 0.25) is 5.35 Å². The summed E-state index contributed by atoms with van der Waals surface area (Å²) < 4.78 is 5.05. The molecular weight excluding hydrogens is 178 g/mol. The van der Waals surface area contributed by atoms with Crippen LogP contribution in [0.5, 0.6) is 0 Å². The lowest BCUT2D eigenvalue weighted by Crippen LogP contribution is -1.80. The van der Waals surface area contributed by atoms with Crippen molar-refractivity contribution in [1.29, 1.82) is 0 Å². The van der Waals surface area contributed by atoms with Crippen molar-refractivity contribution < 1.29 is 9.52 Å². The van der Waals surface area contributed by atoms with Gasteiger partial charge >= 0.3 is 0 Å². The molecule has 1 heterocycles. The molecule has 1 aromatic heterocycles. The van der Waals surface area contributed by atoms with Gasteiger partial charge in [-0.15, -0.1) is 0 Å². The minimum absolute atomic E-state index is 0.00570. The highest BCUT2D eigenvalue weighted by Crippen LogP contribution is 2.19. The van der Waals surface area contributed by atoms with Crippen LogP contribution in [-0.4, -0.2) is 10.1 Å². The topological polar surface area (TPSA) is 46.3 Å². The zero-order chi connectivity index (χ0) is 8.55. The summed E-state index contributed by atoms with van der Waals surface area (Å²) in [5, 5.41) is 8.93. The Morgan fingerprint density at radius 1 is 1.50 bits per heavy atom. The maximum atomic E-state index is 8.81. The van der Waals surface area contributed by atoms with Crippen molar-refractivity contribution in [2.75, 3.05) is 0 Å². The van der Waals surface area contributed by atoms with Crippen molar-refractivity contribution in [3.63, 3.8) is 0 Å². The summed E-state index contributed by atoms with van der Waals surface area (Å²) in [6, 6.07) is 5.26. The third-order valence-electron chi connectivity index (χ3n) is 1.61. The molecule has 2 aromatic rings. The van der Waals surface area contributed by atoms with Gasteiger partial charge in [0.15, 0.2) is 5.58 Å². The Hall–Kier alpha value is -1.06. The summed E-state index contributed by atoms with van der Waals surface area (Å²) in [6.07, 6.45) is 0. The van der Waals surface area contributed by atoms with Crippen LogP contribution < -0.4 is 0 Å². The largest absolute Gasteiger partial charge is 0.428 e.